The van der Waals surface area contributed by atoms with E-state index in [9.17, 15) is 30.8 Å². The molecule has 0 aromatic carbocycles. The average Bonchev–Trinajstić information content (AvgIpc) is 3.35. The van der Waals surface area contributed by atoms with Gasteiger partial charge in [-0.1, -0.05) is 0 Å². The number of sulfone groups is 1. The molecule has 1 aliphatic heterocycles. The van der Waals surface area contributed by atoms with Crippen molar-refractivity contribution in [2.75, 3.05) is 23.4 Å². The quantitative estimate of drug-likeness (QED) is 0.510. The minimum absolute atomic E-state index is 0.00696. The van der Waals surface area contributed by atoms with Gasteiger partial charge in [0.15, 0.2) is 27.2 Å². The van der Waals surface area contributed by atoms with E-state index >= 15 is 0 Å². The molecule has 34 heavy (non-hydrogen) atoms. The summed E-state index contributed by atoms with van der Waals surface area (Å²) in [6.07, 6.45) is -0.707. The number of amides is 1. The second-order valence-corrected chi connectivity index (χ2v) is 9.96. The molecule has 4 rings (SSSR count). The van der Waals surface area contributed by atoms with Gasteiger partial charge in [-0.05, 0) is 13.0 Å². The number of nitrogens with zero attached hydrogens (tertiary/aromatic N) is 5. The van der Waals surface area contributed by atoms with Gasteiger partial charge in [0.2, 0.25) is 5.91 Å². The Morgan fingerprint density at radius 1 is 1.29 bits per heavy atom. The number of hydrogen-bond acceptors (Lipinski definition) is 7. The van der Waals surface area contributed by atoms with Crippen molar-refractivity contribution in [2.24, 2.45) is 0 Å². The molecule has 1 atom stereocenters. The molecular formula is C19H19F4N7O3S. The lowest BCUT2D eigenvalue weighted by molar-refractivity contribution is -0.141. The fourth-order valence-corrected chi connectivity index (χ4v) is 4.83. The first-order chi connectivity index (χ1) is 15.9. The summed E-state index contributed by atoms with van der Waals surface area (Å²) < 4.78 is 78.8. The first kappa shape index (κ1) is 23.8. The first-order valence-electron chi connectivity index (χ1n) is 9.96. The molecule has 0 bridgehead atoms. The van der Waals surface area contributed by atoms with Gasteiger partial charge in [0.05, 0.1) is 35.1 Å². The van der Waals surface area contributed by atoms with Crippen molar-refractivity contribution in [1.82, 2.24) is 29.6 Å². The summed E-state index contributed by atoms with van der Waals surface area (Å²) in [5.41, 5.74) is -0.573. The number of nitrogens with one attached hydrogen (secondary N) is 2. The maximum atomic E-state index is 14.7. The minimum atomic E-state index is -4.64. The minimum Gasteiger partial charge on any atom is -0.323 e. The van der Waals surface area contributed by atoms with Crippen molar-refractivity contribution in [3.63, 3.8) is 0 Å². The summed E-state index contributed by atoms with van der Waals surface area (Å²) in [5.74, 6) is -1.74. The molecule has 3 aromatic heterocycles. The molecule has 1 aliphatic rings. The van der Waals surface area contributed by atoms with Crippen molar-refractivity contribution < 1.29 is 30.8 Å². The average molecular weight is 501 g/mol. The van der Waals surface area contributed by atoms with Crippen LogP contribution in [-0.2, 0) is 27.4 Å². The largest absolute Gasteiger partial charge is 0.435 e. The van der Waals surface area contributed by atoms with E-state index in [1.807, 2.05) is 0 Å². The zero-order valence-electron chi connectivity index (χ0n) is 17.7. The maximum absolute atomic E-state index is 14.7. The van der Waals surface area contributed by atoms with Crippen LogP contribution in [0.15, 0.2) is 30.9 Å². The van der Waals surface area contributed by atoms with Gasteiger partial charge in [0.1, 0.15) is 12.9 Å². The van der Waals surface area contributed by atoms with Crippen molar-refractivity contribution >= 4 is 21.4 Å². The van der Waals surface area contributed by atoms with Crippen molar-refractivity contribution in [3.8, 4) is 5.82 Å². The van der Waals surface area contributed by atoms with Crippen LogP contribution in [0.2, 0.25) is 0 Å². The third-order valence-corrected chi connectivity index (χ3v) is 6.77. The molecule has 1 saturated heterocycles. The summed E-state index contributed by atoms with van der Waals surface area (Å²) in [5, 5.41) is 8.79. The number of alkyl halides is 3. The van der Waals surface area contributed by atoms with Crippen LogP contribution in [0.5, 0.6) is 0 Å². The lowest BCUT2D eigenvalue weighted by Gasteiger charge is -2.21. The molecule has 1 amide bonds. The molecular weight excluding hydrogens is 482 g/mol. The molecule has 0 aliphatic carbocycles. The van der Waals surface area contributed by atoms with E-state index in [0.29, 0.717) is 5.69 Å². The Morgan fingerprint density at radius 3 is 2.71 bits per heavy atom. The Bertz CT molecular complexity index is 1330. The summed E-state index contributed by atoms with van der Waals surface area (Å²) >= 11 is 0. The highest BCUT2D eigenvalue weighted by Gasteiger charge is 2.34. The molecule has 0 radical (unpaired) electrons. The maximum Gasteiger partial charge on any atom is 0.435 e. The van der Waals surface area contributed by atoms with E-state index in [-0.39, 0.29) is 35.2 Å². The summed E-state index contributed by atoms with van der Waals surface area (Å²) in [4.78, 5) is 20.3. The molecule has 0 unspecified atom stereocenters. The van der Waals surface area contributed by atoms with Gasteiger partial charge in [-0.3, -0.25) is 14.0 Å². The number of aryl methyl sites for hydroxylation is 1. The molecule has 182 valence electrons. The predicted molar refractivity (Wildman–Crippen MR) is 111 cm³/mol. The normalized spacial score (nSPS) is 18.1. The smallest absolute Gasteiger partial charge is 0.323 e. The van der Waals surface area contributed by atoms with E-state index in [1.165, 1.54) is 30.2 Å². The van der Waals surface area contributed by atoms with E-state index in [4.69, 9.17) is 0 Å². The van der Waals surface area contributed by atoms with Crippen LogP contribution in [0.25, 0.3) is 5.82 Å². The zero-order chi connectivity index (χ0) is 24.7. The van der Waals surface area contributed by atoms with Gasteiger partial charge in [0.25, 0.3) is 0 Å². The Labute approximate surface area is 190 Å². The second kappa shape index (κ2) is 8.79. The van der Waals surface area contributed by atoms with Crippen molar-refractivity contribution in [1.29, 1.82) is 0 Å². The zero-order valence-corrected chi connectivity index (χ0v) is 18.5. The molecule has 0 spiro atoms. The number of aromatic nitrogens is 5. The van der Waals surface area contributed by atoms with Gasteiger partial charge >= 0.3 is 6.18 Å². The van der Waals surface area contributed by atoms with Crippen molar-refractivity contribution in [2.45, 2.75) is 25.7 Å². The predicted octanol–water partition coefficient (Wildman–Crippen LogP) is 1.63. The van der Waals surface area contributed by atoms with Gasteiger partial charge < -0.3 is 10.6 Å². The number of hydrogen-bond donors (Lipinski definition) is 2. The highest BCUT2D eigenvalue weighted by Crippen LogP contribution is 2.28. The number of rotatable bonds is 5. The lowest BCUT2D eigenvalue weighted by atomic mass is 10.2. The van der Waals surface area contributed by atoms with Crippen molar-refractivity contribution in [3.05, 3.63) is 53.8 Å². The SMILES string of the molecule is Cc1cc(C(F)(F)F)nn1CC(=O)Nc1cnc(-n2cnc([C@@H]3CS(=O)(=O)CCN3)c2)c(F)c1. The van der Waals surface area contributed by atoms with E-state index in [2.05, 4.69) is 25.7 Å². The van der Waals surface area contributed by atoms with E-state index < -0.39 is 46.0 Å². The second-order valence-electron chi connectivity index (χ2n) is 7.73. The number of halogens is 4. The molecule has 1 fully saturated rings. The summed E-state index contributed by atoms with van der Waals surface area (Å²) in [6.45, 7) is 1.16. The molecule has 2 N–H and O–H groups in total. The fourth-order valence-electron chi connectivity index (χ4n) is 3.44. The standard InChI is InChI=1S/C19H19F4N7O3S/c1-11-4-16(19(21,22)23)28-30(11)8-17(31)27-12-5-13(20)18(25-6-12)29-7-14(26-10-29)15-9-34(32,33)3-2-24-15/h4-7,10,15,24H,2-3,8-9H2,1H3,(H,27,31)/t15-/m0/s1. The highest BCUT2D eigenvalue weighted by molar-refractivity contribution is 7.91. The van der Waals surface area contributed by atoms with Crippen LogP contribution in [0.1, 0.15) is 23.1 Å². The van der Waals surface area contributed by atoms with Gasteiger partial charge in [0, 0.05) is 24.5 Å². The van der Waals surface area contributed by atoms with Crippen LogP contribution in [-0.4, -0.2) is 56.7 Å². The van der Waals surface area contributed by atoms with Crippen LogP contribution in [0, 0.1) is 12.7 Å². The van der Waals surface area contributed by atoms with E-state index in [0.717, 1.165) is 16.8 Å². The molecule has 15 heteroatoms. The Hall–Kier alpha value is -3.33. The monoisotopic (exact) mass is 501 g/mol. The lowest BCUT2D eigenvalue weighted by Crippen LogP contribution is -2.39. The Morgan fingerprint density at radius 2 is 2.06 bits per heavy atom. The molecule has 0 saturated carbocycles. The topological polar surface area (TPSA) is 124 Å². The van der Waals surface area contributed by atoms with Gasteiger partial charge in [-0.2, -0.15) is 18.3 Å². The number of anilines is 1. The fraction of sp³-hybridized carbons (Fsp3) is 0.368. The third kappa shape index (κ3) is 5.25. The molecule has 3 aromatic rings. The van der Waals surface area contributed by atoms with E-state index in [1.54, 1.807) is 0 Å². The molecule has 4 heterocycles. The van der Waals surface area contributed by atoms with Crippen LogP contribution in [0.3, 0.4) is 0 Å². The Kier molecular flexibility index (Phi) is 6.16. The van der Waals surface area contributed by atoms with Crippen LogP contribution < -0.4 is 10.6 Å². The highest BCUT2D eigenvalue weighted by atomic mass is 32.2. The molecule has 10 nitrogen and oxygen atoms in total. The van der Waals surface area contributed by atoms with Crippen LogP contribution in [0.4, 0.5) is 23.2 Å². The summed E-state index contributed by atoms with van der Waals surface area (Å²) in [6, 6.07) is 1.30. The first-order valence-corrected chi connectivity index (χ1v) is 11.8. The Balaban J connectivity index is 1.44. The van der Waals surface area contributed by atoms with Gasteiger partial charge in [-0.25, -0.2) is 22.8 Å². The van der Waals surface area contributed by atoms with Gasteiger partial charge in [-0.15, -0.1) is 0 Å². The number of carbonyl (C=O) groups excluding carboxylic acids is 1. The summed E-state index contributed by atoms with van der Waals surface area (Å²) in [7, 11) is -3.20. The number of carbonyl (C=O) groups is 1. The van der Waals surface area contributed by atoms with Crippen LogP contribution >= 0.6 is 0 Å². The number of pyridine rings is 1. The number of imidazole rings is 1. The third-order valence-electron chi connectivity index (χ3n) is 5.10.